The molecule has 0 atom stereocenters. The first-order valence-electron chi connectivity index (χ1n) is 3.48. The quantitative estimate of drug-likeness (QED) is 0.685. The maximum absolute atomic E-state index is 5.43. The molecule has 0 radical (unpaired) electrons. The van der Waals surface area contributed by atoms with E-state index in [0.717, 1.165) is 11.3 Å². The first kappa shape index (κ1) is 6.84. The molecule has 0 amide bonds. The number of anilines is 1. The van der Waals surface area contributed by atoms with Crippen molar-refractivity contribution in [2.75, 3.05) is 5.73 Å². The monoisotopic (exact) mass is 161 g/mol. The first-order valence-corrected chi connectivity index (χ1v) is 3.48. The Morgan fingerprint density at radius 2 is 2.17 bits per heavy atom. The molecule has 12 heavy (non-hydrogen) atoms. The second kappa shape index (κ2) is 2.65. The number of nitrogens with two attached hydrogens (primary N) is 1. The predicted molar refractivity (Wildman–Crippen MR) is 44.1 cm³/mol. The predicted octanol–water partition coefficient (Wildman–Crippen LogP) is 1.32. The average Bonchev–Trinajstić information content (AvgIpc) is 2.58. The van der Waals surface area contributed by atoms with E-state index in [2.05, 4.69) is 10.1 Å². The van der Waals surface area contributed by atoms with E-state index in [0.29, 0.717) is 5.82 Å². The number of hydrogen-bond donors (Lipinski definition) is 1. The van der Waals surface area contributed by atoms with Crippen LogP contribution in [0.4, 0.5) is 5.82 Å². The summed E-state index contributed by atoms with van der Waals surface area (Å²) in [5.41, 5.74) is 7.09. The molecule has 2 aromatic rings. The lowest BCUT2D eigenvalue weighted by Gasteiger charge is -1.94. The van der Waals surface area contributed by atoms with Crippen LogP contribution in [0.2, 0.25) is 0 Å². The van der Waals surface area contributed by atoms with Gasteiger partial charge in [0.2, 0.25) is 0 Å². The lowest BCUT2D eigenvalue weighted by Crippen LogP contribution is -1.88. The summed E-state index contributed by atoms with van der Waals surface area (Å²) in [6, 6.07) is 5.34. The Balaban J connectivity index is 2.43. The van der Waals surface area contributed by atoms with Crippen LogP contribution in [0, 0.1) is 0 Å². The Bertz CT molecular complexity index is 352. The van der Waals surface area contributed by atoms with E-state index in [1.807, 2.05) is 6.07 Å². The Kier molecular flexibility index (Phi) is 1.51. The van der Waals surface area contributed by atoms with Crippen LogP contribution in [-0.2, 0) is 0 Å². The summed E-state index contributed by atoms with van der Waals surface area (Å²) < 4.78 is 4.69. The normalized spacial score (nSPS) is 10.0. The molecule has 0 unspecified atom stereocenters. The molecule has 0 saturated carbocycles. The van der Waals surface area contributed by atoms with E-state index in [1.54, 1.807) is 18.3 Å². The summed E-state index contributed by atoms with van der Waals surface area (Å²) >= 11 is 0. The molecule has 4 heteroatoms. The van der Waals surface area contributed by atoms with Gasteiger partial charge in [0.15, 0.2) is 0 Å². The van der Waals surface area contributed by atoms with Gasteiger partial charge in [0.1, 0.15) is 17.8 Å². The molecule has 0 bridgehead atoms. The molecule has 2 aromatic heterocycles. The highest BCUT2D eigenvalue weighted by Crippen LogP contribution is 2.15. The van der Waals surface area contributed by atoms with Gasteiger partial charge in [0.25, 0.3) is 0 Å². The smallest absolute Gasteiger partial charge is 0.124 e. The lowest BCUT2D eigenvalue weighted by molar-refractivity contribution is 0.422. The van der Waals surface area contributed by atoms with Gasteiger partial charge in [-0.2, -0.15) is 0 Å². The van der Waals surface area contributed by atoms with Crippen LogP contribution in [0.15, 0.2) is 35.2 Å². The number of aromatic nitrogens is 2. The van der Waals surface area contributed by atoms with Gasteiger partial charge < -0.3 is 10.3 Å². The average molecular weight is 161 g/mol. The number of pyridine rings is 1. The molecule has 0 aliphatic carbocycles. The van der Waals surface area contributed by atoms with Gasteiger partial charge in [-0.1, -0.05) is 5.16 Å². The maximum Gasteiger partial charge on any atom is 0.124 e. The zero-order valence-corrected chi connectivity index (χ0v) is 6.27. The molecule has 0 saturated heterocycles. The molecule has 0 aliphatic heterocycles. The maximum atomic E-state index is 5.43. The SMILES string of the molecule is Nc1ccc(-c2ccon2)cn1. The van der Waals surface area contributed by atoms with Crippen LogP contribution < -0.4 is 5.73 Å². The third-order valence-electron chi connectivity index (χ3n) is 1.52. The van der Waals surface area contributed by atoms with E-state index >= 15 is 0 Å². The van der Waals surface area contributed by atoms with Crippen molar-refractivity contribution < 1.29 is 4.52 Å². The van der Waals surface area contributed by atoms with Gasteiger partial charge in [-0.3, -0.25) is 0 Å². The van der Waals surface area contributed by atoms with Gasteiger partial charge in [-0.15, -0.1) is 0 Å². The van der Waals surface area contributed by atoms with Gasteiger partial charge in [0.05, 0.1) is 0 Å². The minimum Gasteiger partial charge on any atom is -0.384 e. The summed E-state index contributed by atoms with van der Waals surface area (Å²) in [4.78, 5) is 3.93. The largest absolute Gasteiger partial charge is 0.384 e. The van der Waals surface area contributed by atoms with E-state index in [4.69, 9.17) is 10.3 Å². The topological polar surface area (TPSA) is 64.9 Å². The third kappa shape index (κ3) is 1.14. The van der Waals surface area contributed by atoms with E-state index in [-0.39, 0.29) is 0 Å². The Labute approximate surface area is 69.0 Å². The minimum absolute atomic E-state index is 0.502. The van der Waals surface area contributed by atoms with Crippen molar-refractivity contribution >= 4 is 5.82 Å². The van der Waals surface area contributed by atoms with Crippen molar-refractivity contribution in [1.29, 1.82) is 0 Å². The van der Waals surface area contributed by atoms with Crippen molar-refractivity contribution in [1.82, 2.24) is 10.1 Å². The van der Waals surface area contributed by atoms with Crippen LogP contribution in [0.5, 0.6) is 0 Å². The number of hydrogen-bond acceptors (Lipinski definition) is 4. The van der Waals surface area contributed by atoms with Crippen LogP contribution in [0.3, 0.4) is 0 Å². The summed E-state index contributed by atoms with van der Waals surface area (Å²) in [6.45, 7) is 0. The fourth-order valence-electron chi connectivity index (χ4n) is 0.918. The van der Waals surface area contributed by atoms with Gasteiger partial charge in [-0.25, -0.2) is 4.98 Å². The Hall–Kier alpha value is -1.84. The highest BCUT2D eigenvalue weighted by Gasteiger charge is 1.99. The third-order valence-corrected chi connectivity index (χ3v) is 1.52. The van der Waals surface area contributed by atoms with Crippen LogP contribution >= 0.6 is 0 Å². The molecule has 2 heterocycles. The van der Waals surface area contributed by atoms with E-state index in [9.17, 15) is 0 Å². The fourth-order valence-corrected chi connectivity index (χ4v) is 0.918. The van der Waals surface area contributed by atoms with Crippen molar-refractivity contribution in [3.8, 4) is 11.3 Å². The highest BCUT2D eigenvalue weighted by atomic mass is 16.5. The second-order valence-electron chi connectivity index (χ2n) is 2.36. The minimum atomic E-state index is 0.502. The lowest BCUT2D eigenvalue weighted by atomic mass is 10.2. The summed E-state index contributed by atoms with van der Waals surface area (Å²) in [5.74, 6) is 0.502. The van der Waals surface area contributed by atoms with Crippen LogP contribution in [-0.4, -0.2) is 10.1 Å². The Morgan fingerprint density at radius 1 is 1.25 bits per heavy atom. The molecule has 2 N–H and O–H groups in total. The highest BCUT2D eigenvalue weighted by molar-refractivity contribution is 5.57. The number of nitrogen functional groups attached to an aromatic ring is 1. The second-order valence-corrected chi connectivity index (χ2v) is 2.36. The molecule has 60 valence electrons. The van der Waals surface area contributed by atoms with Crippen molar-refractivity contribution in [2.45, 2.75) is 0 Å². The summed E-state index contributed by atoms with van der Waals surface area (Å²) in [5, 5.41) is 3.76. The summed E-state index contributed by atoms with van der Waals surface area (Å²) in [6.07, 6.45) is 3.18. The van der Waals surface area contributed by atoms with Gasteiger partial charge >= 0.3 is 0 Å². The molecular formula is C8H7N3O. The number of nitrogens with zero attached hydrogens (tertiary/aromatic N) is 2. The molecule has 2 rings (SSSR count). The van der Waals surface area contributed by atoms with Crippen LogP contribution in [0.25, 0.3) is 11.3 Å². The molecule has 0 fully saturated rings. The van der Waals surface area contributed by atoms with Gasteiger partial charge in [0, 0.05) is 17.8 Å². The molecule has 0 aliphatic rings. The van der Waals surface area contributed by atoms with E-state index in [1.165, 1.54) is 6.26 Å². The standard InChI is InChI=1S/C8H7N3O/c9-8-2-1-6(5-10-8)7-3-4-12-11-7/h1-5H,(H2,9,10). The van der Waals surface area contributed by atoms with Crippen molar-refractivity contribution in [3.05, 3.63) is 30.7 Å². The first-order chi connectivity index (χ1) is 5.86. The fraction of sp³-hybridized carbons (Fsp3) is 0. The number of rotatable bonds is 1. The zero-order chi connectivity index (χ0) is 8.39. The Morgan fingerprint density at radius 3 is 2.75 bits per heavy atom. The van der Waals surface area contributed by atoms with Crippen molar-refractivity contribution in [3.63, 3.8) is 0 Å². The molecular weight excluding hydrogens is 154 g/mol. The molecule has 0 spiro atoms. The van der Waals surface area contributed by atoms with Gasteiger partial charge in [-0.05, 0) is 12.1 Å². The molecule has 0 aromatic carbocycles. The molecule has 4 nitrogen and oxygen atoms in total. The van der Waals surface area contributed by atoms with Crippen molar-refractivity contribution in [2.24, 2.45) is 0 Å². The summed E-state index contributed by atoms with van der Waals surface area (Å²) in [7, 11) is 0. The van der Waals surface area contributed by atoms with E-state index < -0.39 is 0 Å². The van der Waals surface area contributed by atoms with Crippen LogP contribution in [0.1, 0.15) is 0 Å². The zero-order valence-electron chi connectivity index (χ0n) is 6.27.